The first-order valence-electron chi connectivity index (χ1n) is 8.48. The lowest BCUT2D eigenvalue weighted by Crippen LogP contribution is -2.27. The smallest absolute Gasteiger partial charge is 0.257 e. The summed E-state index contributed by atoms with van der Waals surface area (Å²) in [6, 6.07) is 15.2. The number of ether oxygens (including phenoxy) is 1. The Bertz CT molecular complexity index is 913. The molecule has 134 valence electrons. The third-order valence-electron chi connectivity index (χ3n) is 4.44. The number of aryl methyl sites for hydroxylation is 2. The highest BCUT2D eigenvalue weighted by Crippen LogP contribution is 2.29. The summed E-state index contributed by atoms with van der Waals surface area (Å²) in [6.07, 6.45) is 0. The minimum Gasteiger partial charge on any atom is -0.497 e. The Morgan fingerprint density at radius 3 is 2.46 bits per heavy atom. The number of carbonyl (C=O) groups is 1. The third-order valence-corrected chi connectivity index (χ3v) is 4.44. The molecule has 0 unspecified atom stereocenters. The molecule has 1 heterocycles. The molecule has 0 fully saturated rings. The summed E-state index contributed by atoms with van der Waals surface area (Å²) in [5.74, 6) is 1.08. The highest BCUT2D eigenvalue weighted by molar-refractivity contribution is 6.01. The molecule has 0 bridgehead atoms. The standard InChI is InChI=1S/C21H22N2O3/c1-13-7-5-6-8-18(13)20-19(15(3)23-26-20)21(24)22-14(2)16-9-11-17(25-4)12-10-16/h5-12,14H,1-4H3,(H,22,24)/t14-/m0/s1. The van der Waals surface area contributed by atoms with Crippen molar-refractivity contribution in [2.45, 2.75) is 26.8 Å². The molecule has 0 aliphatic heterocycles. The summed E-state index contributed by atoms with van der Waals surface area (Å²) in [4.78, 5) is 12.9. The molecule has 1 N–H and O–H groups in total. The van der Waals surface area contributed by atoms with Crippen LogP contribution in [0.1, 0.15) is 40.1 Å². The van der Waals surface area contributed by atoms with Crippen molar-refractivity contribution < 1.29 is 14.1 Å². The number of nitrogens with one attached hydrogen (secondary N) is 1. The van der Waals surface area contributed by atoms with E-state index in [4.69, 9.17) is 9.26 Å². The molecule has 5 nitrogen and oxygen atoms in total. The Labute approximate surface area is 153 Å². The van der Waals surface area contributed by atoms with Crippen molar-refractivity contribution >= 4 is 5.91 Å². The van der Waals surface area contributed by atoms with Gasteiger partial charge < -0.3 is 14.6 Å². The van der Waals surface area contributed by atoms with Crippen LogP contribution in [0.4, 0.5) is 0 Å². The van der Waals surface area contributed by atoms with Crippen LogP contribution in [0.3, 0.4) is 0 Å². The van der Waals surface area contributed by atoms with E-state index >= 15 is 0 Å². The van der Waals surface area contributed by atoms with Crippen LogP contribution >= 0.6 is 0 Å². The van der Waals surface area contributed by atoms with E-state index in [1.165, 1.54) is 0 Å². The second kappa shape index (κ2) is 7.44. The Kier molecular flexibility index (Phi) is 5.07. The number of hydrogen-bond donors (Lipinski definition) is 1. The summed E-state index contributed by atoms with van der Waals surface area (Å²) >= 11 is 0. The van der Waals surface area contributed by atoms with Gasteiger partial charge >= 0.3 is 0 Å². The molecule has 3 aromatic rings. The Balaban J connectivity index is 1.86. The first kappa shape index (κ1) is 17.7. The van der Waals surface area contributed by atoms with Crippen LogP contribution in [0.15, 0.2) is 53.1 Å². The number of aromatic nitrogens is 1. The molecule has 1 atom stereocenters. The Morgan fingerprint density at radius 1 is 1.12 bits per heavy atom. The summed E-state index contributed by atoms with van der Waals surface area (Å²) in [7, 11) is 1.63. The molecular formula is C21H22N2O3. The average molecular weight is 350 g/mol. The zero-order chi connectivity index (χ0) is 18.7. The molecule has 1 aromatic heterocycles. The maximum Gasteiger partial charge on any atom is 0.257 e. The minimum absolute atomic E-state index is 0.160. The van der Waals surface area contributed by atoms with Crippen LogP contribution < -0.4 is 10.1 Å². The highest BCUT2D eigenvalue weighted by Gasteiger charge is 2.24. The first-order valence-corrected chi connectivity index (χ1v) is 8.48. The molecule has 0 aliphatic rings. The van der Waals surface area contributed by atoms with E-state index in [-0.39, 0.29) is 11.9 Å². The summed E-state index contributed by atoms with van der Waals surface area (Å²) < 4.78 is 10.6. The summed E-state index contributed by atoms with van der Waals surface area (Å²) in [6.45, 7) is 5.70. The van der Waals surface area contributed by atoms with Crippen molar-refractivity contribution in [1.29, 1.82) is 0 Å². The van der Waals surface area contributed by atoms with Gasteiger partial charge in [0.2, 0.25) is 0 Å². The fraction of sp³-hybridized carbons (Fsp3) is 0.238. The Hall–Kier alpha value is -3.08. The van der Waals surface area contributed by atoms with Gasteiger partial charge in [0.1, 0.15) is 11.3 Å². The molecule has 3 rings (SSSR count). The topological polar surface area (TPSA) is 64.4 Å². The van der Waals surface area contributed by atoms with Crippen LogP contribution in [-0.2, 0) is 0 Å². The second-order valence-corrected chi connectivity index (χ2v) is 6.26. The van der Waals surface area contributed by atoms with Crippen LogP contribution in [-0.4, -0.2) is 18.2 Å². The highest BCUT2D eigenvalue weighted by atomic mass is 16.5. The van der Waals surface area contributed by atoms with Crippen LogP contribution in [0.5, 0.6) is 5.75 Å². The number of rotatable bonds is 5. The van der Waals surface area contributed by atoms with Crippen molar-refractivity contribution in [2.75, 3.05) is 7.11 Å². The van der Waals surface area contributed by atoms with Crippen molar-refractivity contribution in [1.82, 2.24) is 10.5 Å². The lowest BCUT2D eigenvalue weighted by atomic mass is 10.0. The van der Waals surface area contributed by atoms with E-state index in [0.717, 1.165) is 22.4 Å². The first-order chi connectivity index (χ1) is 12.5. The van der Waals surface area contributed by atoms with E-state index < -0.39 is 0 Å². The molecule has 0 aliphatic carbocycles. The molecule has 5 heteroatoms. The third kappa shape index (κ3) is 3.47. The fourth-order valence-corrected chi connectivity index (χ4v) is 2.89. The Morgan fingerprint density at radius 2 is 1.81 bits per heavy atom. The predicted octanol–water partition coefficient (Wildman–Crippen LogP) is 4.46. The van der Waals surface area contributed by atoms with Gasteiger partial charge in [0.25, 0.3) is 5.91 Å². The maximum atomic E-state index is 12.9. The average Bonchev–Trinajstić information content (AvgIpc) is 3.03. The molecule has 0 saturated carbocycles. The molecule has 1 amide bonds. The zero-order valence-electron chi connectivity index (χ0n) is 15.4. The maximum absolute atomic E-state index is 12.9. The van der Waals surface area contributed by atoms with Gasteiger partial charge in [0.05, 0.1) is 18.8 Å². The lowest BCUT2D eigenvalue weighted by Gasteiger charge is -2.15. The van der Waals surface area contributed by atoms with Crippen LogP contribution in [0.2, 0.25) is 0 Å². The normalized spacial score (nSPS) is 11.8. The van der Waals surface area contributed by atoms with Crippen LogP contribution in [0, 0.1) is 13.8 Å². The van der Waals surface area contributed by atoms with Gasteiger partial charge in [-0.15, -0.1) is 0 Å². The van der Waals surface area contributed by atoms with Gasteiger partial charge in [-0.05, 0) is 44.0 Å². The largest absolute Gasteiger partial charge is 0.497 e. The minimum atomic E-state index is -0.203. The van der Waals surface area contributed by atoms with Gasteiger partial charge in [0.15, 0.2) is 5.76 Å². The number of carbonyl (C=O) groups excluding carboxylic acids is 1. The molecule has 0 spiro atoms. The number of hydrogen-bond acceptors (Lipinski definition) is 4. The molecule has 0 saturated heterocycles. The fourth-order valence-electron chi connectivity index (χ4n) is 2.89. The summed E-state index contributed by atoms with van der Waals surface area (Å²) in [5.41, 5.74) is 3.93. The van der Waals surface area contributed by atoms with Crippen molar-refractivity contribution in [3.63, 3.8) is 0 Å². The molecule has 2 aromatic carbocycles. The quantitative estimate of drug-likeness (QED) is 0.738. The van der Waals surface area contributed by atoms with E-state index in [0.29, 0.717) is 17.0 Å². The van der Waals surface area contributed by atoms with Gasteiger partial charge in [-0.1, -0.05) is 41.6 Å². The van der Waals surface area contributed by atoms with Gasteiger partial charge in [-0.25, -0.2) is 0 Å². The van der Waals surface area contributed by atoms with E-state index in [9.17, 15) is 4.79 Å². The van der Waals surface area contributed by atoms with Gasteiger partial charge in [-0.3, -0.25) is 4.79 Å². The number of amides is 1. The van der Waals surface area contributed by atoms with Gasteiger partial charge in [-0.2, -0.15) is 0 Å². The van der Waals surface area contributed by atoms with Crippen molar-refractivity contribution in [3.8, 4) is 17.1 Å². The number of nitrogens with zero attached hydrogens (tertiary/aromatic N) is 1. The summed E-state index contributed by atoms with van der Waals surface area (Å²) in [5, 5.41) is 7.03. The van der Waals surface area contributed by atoms with Gasteiger partial charge in [0, 0.05) is 5.56 Å². The van der Waals surface area contributed by atoms with Crippen LogP contribution in [0.25, 0.3) is 11.3 Å². The van der Waals surface area contributed by atoms with E-state index in [2.05, 4.69) is 10.5 Å². The molecular weight excluding hydrogens is 328 g/mol. The van der Waals surface area contributed by atoms with Crippen molar-refractivity contribution in [3.05, 3.63) is 70.9 Å². The lowest BCUT2D eigenvalue weighted by molar-refractivity contribution is 0.0939. The monoisotopic (exact) mass is 350 g/mol. The second-order valence-electron chi connectivity index (χ2n) is 6.26. The van der Waals surface area contributed by atoms with E-state index in [1.807, 2.05) is 62.4 Å². The number of methoxy groups -OCH3 is 1. The predicted molar refractivity (Wildman–Crippen MR) is 100 cm³/mol. The van der Waals surface area contributed by atoms with Crippen molar-refractivity contribution in [2.24, 2.45) is 0 Å². The SMILES string of the molecule is COc1ccc([C@H](C)NC(=O)c2c(C)noc2-c2ccccc2C)cc1. The van der Waals surface area contributed by atoms with E-state index in [1.54, 1.807) is 14.0 Å². The molecule has 0 radical (unpaired) electrons. The molecule has 26 heavy (non-hydrogen) atoms. The zero-order valence-corrected chi connectivity index (χ0v) is 15.4. The number of benzene rings is 2.